The Bertz CT molecular complexity index is 2030. The molecule has 0 aliphatic carbocycles. The number of esters is 1. The number of benzene rings is 3. The van der Waals surface area contributed by atoms with Gasteiger partial charge in [-0.3, -0.25) is 9.36 Å². The van der Waals surface area contributed by atoms with Crippen LogP contribution in [0.15, 0.2) is 105 Å². The topological polar surface area (TPSA) is 73.8 Å². The number of nitrogens with zero attached hydrogens (tertiary/aromatic N) is 2. The van der Waals surface area contributed by atoms with Crippen molar-refractivity contribution in [1.82, 2.24) is 4.57 Å². The van der Waals surface area contributed by atoms with Crippen molar-refractivity contribution in [3.8, 4) is 11.3 Å². The molecule has 1 aliphatic heterocycles. The van der Waals surface area contributed by atoms with E-state index in [4.69, 9.17) is 37.3 Å². The molecule has 0 spiro atoms. The number of carbonyl (C=O) groups excluding carboxylic acids is 1. The summed E-state index contributed by atoms with van der Waals surface area (Å²) in [5, 5.41) is 0.979. The van der Waals surface area contributed by atoms with E-state index in [9.17, 15) is 14.0 Å². The standard InChI is InChI=1S/C32H21Cl2FN2O4S/c1-2-40-31(39)27-28(18-6-4-3-5-7-18)36-32-37(29(27)19-8-11-21(35)12-9-19)30(38)26(42-32)17-22-13-15-25(41-22)23-16-20(33)10-14-24(23)34/h3-17,29H,2H2,1H3/b26-17-/t29-/m0/s1. The van der Waals surface area contributed by atoms with Gasteiger partial charge in [0.15, 0.2) is 4.80 Å². The van der Waals surface area contributed by atoms with Gasteiger partial charge in [-0.2, -0.15) is 0 Å². The molecule has 1 aliphatic rings. The summed E-state index contributed by atoms with van der Waals surface area (Å²) >= 11 is 13.6. The van der Waals surface area contributed by atoms with Crippen LogP contribution in [0, 0.1) is 5.82 Å². The molecule has 0 unspecified atom stereocenters. The van der Waals surface area contributed by atoms with Gasteiger partial charge < -0.3 is 9.15 Å². The summed E-state index contributed by atoms with van der Waals surface area (Å²) in [7, 11) is 0. The lowest BCUT2D eigenvalue weighted by Crippen LogP contribution is -2.40. The molecule has 0 bridgehead atoms. The SMILES string of the molecule is CCOC(=O)C1=C(c2ccccc2)N=c2s/c(=C\c3ccc(-c4cc(Cl)ccc4Cl)o3)c(=O)n2[C@H]1c1ccc(F)cc1. The van der Waals surface area contributed by atoms with Crippen molar-refractivity contribution in [3.05, 3.63) is 143 Å². The molecule has 0 N–H and O–H groups in total. The van der Waals surface area contributed by atoms with Crippen LogP contribution in [0.2, 0.25) is 10.0 Å². The first-order valence-corrected chi connectivity index (χ1v) is 14.5. The fourth-order valence-corrected chi connectivity index (χ4v) is 6.16. The van der Waals surface area contributed by atoms with Gasteiger partial charge in [0.25, 0.3) is 5.56 Å². The Hall–Kier alpha value is -4.24. The predicted octanol–water partition coefficient (Wildman–Crippen LogP) is 6.64. The summed E-state index contributed by atoms with van der Waals surface area (Å²) < 4.78 is 27.2. The van der Waals surface area contributed by atoms with Crippen molar-refractivity contribution in [1.29, 1.82) is 0 Å². The zero-order valence-electron chi connectivity index (χ0n) is 22.0. The number of fused-ring (bicyclic) bond motifs is 1. The highest BCUT2D eigenvalue weighted by Crippen LogP contribution is 2.35. The molecule has 1 atom stereocenters. The number of furan rings is 1. The highest BCUT2D eigenvalue weighted by molar-refractivity contribution is 7.07. The second kappa shape index (κ2) is 11.6. The third kappa shape index (κ3) is 5.25. The molecule has 6 rings (SSSR count). The van der Waals surface area contributed by atoms with Crippen molar-refractivity contribution < 1.29 is 18.3 Å². The Morgan fingerprint density at radius 3 is 2.57 bits per heavy atom. The van der Waals surface area contributed by atoms with Crippen LogP contribution in [-0.2, 0) is 9.53 Å². The van der Waals surface area contributed by atoms with E-state index in [1.54, 1.807) is 55.5 Å². The van der Waals surface area contributed by atoms with E-state index in [2.05, 4.69) is 0 Å². The van der Waals surface area contributed by atoms with Gasteiger partial charge in [-0.05, 0) is 55.0 Å². The number of halogens is 3. The minimum Gasteiger partial charge on any atom is -0.463 e. The Morgan fingerprint density at radius 2 is 1.83 bits per heavy atom. The van der Waals surface area contributed by atoms with Gasteiger partial charge in [0.05, 0.1) is 33.5 Å². The van der Waals surface area contributed by atoms with E-state index in [0.717, 1.165) is 11.3 Å². The molecule has 2 aromatic heterocycles. The maximum absolute atomic E-state index is 14.0. The van der Waals surface area contributed by atoms with Gasteiger partial charge in [-0.1, -0.05) is 77.0 Å². The maximum Gasteiger partial charge on any atom is 0.338 e. The van der Waals surface area contributed by atoms with E-state index in [1.165, 1.54) is 16.7 Å². The molecule has 0 amide bonds. The molecule has 0 saturated carbocycles. The Kier molecular flexibility index (Phi) is 7.68. The van der Waals surface area contributed by atoms with E-state index >= 15 is 0 Å². The molecule has 210 valence electrons. The average molecular weight is 620 g/mol. The molecule has 0 fully saturated rings. The van der Waals surface area contributed by atoms with Gasteiger partial charge in [-0.15, -0.1) is 0 Å². The first-order valence-electron chi connectivity index (χ1n) is 12.9. The van der Waals surface area contributed by atoms with Crippen molar-refractivity contribution >= 4 is 52.3 Å². The second-order valence-electron chi connectivity index (χ2n) is 9.31. The molecule has 0 radical (unpaired) electrons. The summed E-state index contributed by atoms with van der Waals surface area (Å²) in [6.07, 6.45) is 1.61. The Morgan fingerprint density at radius 1 is 1.07 bits per heavy atom. The lowest BCUT2D eigenvalue weighted by Gasteiger charge is -2.25. The quantitative estimate of drug-likeness (QED) is 0.200. The van der Waals surface area contributed by atoms with Crippen LogP contribution in [0.5, 0.6) is 0 Å². The molecule has 10 heteroatoms. The number of hydrogen-bond acceptors (Lipinski definition) is 6. The van der Waals surface area contributed by atoms with Crippen LogP contribution >= 0.6 is 34.5 Å². The van der Waals surface area contributed by atoms with Crippen molar-refractivity contribution in [2.45, 2.75) is 13.0 Å². The van der Waals surface area contributed by atoms with Crippen LogP contribution < -0.4 is 14.9 Å². The highest BCUT2D eigenvalue weighted by atomic mass is 35.5. The minimum atomic E-state index is -0.907. The third-order valence-corrected chi connectivity index (χ3v) is 8.20. The van der Waals surface area contributed by atoms with Gasteiger partial charge in [0.1, 0.15) is 17.3 Å². The summed E-state index contributed by atoms with van der Waals surface area (Å²) in [5.74, 6) is -0.151. The van der Waals surface area contributed by atoms with E-state index in [-0.39, 0.29) is 17.7 Å². The molecule has 6 nitrogen and oxygen atoms in total. The predicted molar refractivity (Wildman–Crippen MR) is 162 cm³/mol. The first kappa shape index (κ1) is 27.9. The van der Waals surface area contributed by atoms with E-state index in [1.807, 2.05) is 30.3 Å². The Labute approximate surface area is 253 Å². The van der Waals surface area contributed by atoms with Crippen molar-refractivity contribution in [2.75, 3.05) is 6.61 Å². The van der Waals surface area contributed by atoms with E-state index < -0.39 is 17.8 Å². The summed E-state index contributed by atoms with van der Waals surface area (Å²) in [6.45, 7) is 1.83. The van der Waals surface area contributed by atoms with Gasteiger partial charge in [0.2, 0.25) is 0 Å². The Balaban J connectivity index is 1.56. The lowest BCUT2D eigenvalue weighted by molar-refractivity contribution is -0.138. The third-order valence-electron chi connectivity index (χ3n) is 6.65. The molecular weight excluding hydrogens is 598 g/mol. The molecule has 3 heterocycles. The number of thiazole rings is 1. The first-order chi connectivity index (χ1) is 20.3. The smallest absolute Gasteiger partial charge is 0.338 e. The minimum absolute atomic E-state index is 0.127. The summed E-state index contributed by atoms with van der Waals surface area (Å²) in [6, 6.07) is 22.5. The van der Waals surface area contributed by atoms with Crippen molar-refractivity contribution in [2.24, 2.45) is 4.99 Å². The fraction of sp³-hybridized carbons (Fsp3) is 0.0938. The van der Waals surface area contributed by atoms with Crippen LogP contribution in [0.25, 0.3) is 23.1 Å². The lowest BCUT2D eigenvalue weighted by atomic mass is 9.93. The zero-order valence-corrected chi connectivity index (χ0v) is 24.3. The molecule has 3 aromatic carbocycles. The van der Waals surface area contributed by atoms with Gasteiger partial charge >= 0.3 is 5.97 Å². The van der Waals surface area contributed by atoms with Gasteiger partial charge in [0, 0.05) is 22.2 Å². The fourth-order valence-electron chi connectivity index (χ4n) is 4.79. The molecule has 0 saturated heterocycles. The number of ether oxygens (including phenoxy) is 1. The van der Waals surface area contributed by atoms with Crippen LogP contribution in [-0.4, -0.2) is 17.1 Å². The molecular formula is C32H21Cl2FN2O4S. The zero-order chi connectivity index (χ0) is 29.4. The monoisotopic (exact) mass is 618 g/mol. The largest absolute Gasteiger partial charge is 0.463 e. The van der Waals surface area contributed by atoms with Gasteiger partial charge in [-0.25, -0.2) is 14.2 Å². The highest BCUT2D eigenvalue weighted by Gasteiger charge is 2.35. The summed E-state index contributed by atoms with van der Waals surface area (Å²) in [4.78, 5) is 32.6. The summed E-state index contributed by atoms with van der Waals surface area (Å²) in [5.41, 5.74) is 2.01. The second-order valence-corrected chi connectivity index (χ2v) is 11.2. The van der Waals surface area contributed by atoms with Crippen LogP contribution in [0.1, 0.15) is 29.9 Å². The number of carbonyl (C=O) groups is 1. The van der Waals surface area contributed by atoms with E-state index in [0.29, 0.717) is 53.3 Å². The number of rotatable bonds is 6. The number of hydrogen-bond donors (Lipinski definition) is 0. The molecule has 42 heavy (non-hydrogen) atoms. The molecule has 5 aromatic rings. The van der Waals surface area contributed by atoms with Crippen LogP contribution in [0.3, 0.4) is 0 Å². The van der Waals surface area contributed by atoms with Crippen molar-refractivity contribution in [3.63, 3.8) is 0 Å². The normalized spacial score (nSPS) is 15.0. The maximum atomic E-state index is 14.0. The van der Waals surface area contributed by atoms with Crippen LogP contribution in [0.4, 0.5) is 4.39 Å². The number of aromatic nitrogens is 1. The average Bonchev–Trinajstić information content (AvgIpc) is 3.58.